The average molecular weight is 443 g/mol. The van der Waals surface area contributed by atoms with Crippen LogP contribution in [0.15, 0.2) is 54.7 Å². The van der Waals surface area contributed by atoms with Crippen LogP contribution in [-0.2, 0) is 5.60 Å². The van der Waals surface area contributed by atoms with Gasteiger partial charge in [-0.3, -0.25) is 4.79 Å². The number of likely N-dealkylation sites (tertiary alicyclic amines) is 1. The number of rotatable bonds is 2. The molecule has 154 valence electrons. The van der Waals surface area contributed by atoms with Gasteiger partial charge in [0.25, 0.3) is 5.91 Å². The number of ether oxygens (including phenoxy) is 2. The van der Waals surface area contributed by atoms with Crippen molar-refractivity contribution in [1.82, 2.24) is 9.47 Å². The van der Waals surface area contributed by atoms with Gasteiger partial charge in [0.05, 0.1) is 24.1 Å². The summed E-state index contributed by atoms with van der Waals surface area (Å²) in [6.07, 6.45) is 3.41. The zero-order chi connectivity index (χ0) is 20.9. The molecule has 1 amide bonds. The van der Waals surface area contributed by atoms with E-state index in [1.165, 1.54) is 0 Å². The van der Waals surface area contributed by atoms with Crippen molar-refractivity contribution in [2.24, 2.45) is 0 Å². The van der Waals surface area contributed by atoms with Gasteiger partial charge in [-0.25, -0.2) is 0 Å². The molecule has 1 fully saturated rings. The van der Waals surface area contributed by atoms with Gasteiger partial charge in [-0.05, 0) is 42.5 Å². The molecule has 0 N–H and O–H groups in total. The maximum absolute atomic E-state index is 13.1. The molecule has 7 heteroatoms. The van der Waals surface area contributed by atoms with Crippen LogP contribution in [0, 0.1) is 0 Å². The Labute approximate surface area is 184 Å². The average Bonchev–Trinajstić information content (AvgIpc) is 3.25. The summed E-state index contributed by atoms with van der Waals surface area (Å²) in [4.78, 5) is 15.0. The molecule has 0 bridgehead atoms. The molecular weight excluding hydrogens is 423 g/mol. The zero-order valence-electron chi connectivity index (χ0n) is 16.4. The second-order valence-electron chi connectivity index (χ2n) is 7.61. The van der Waals surface area contributed by atoms with Gasteiger partial charge in [0.1, 0.15) is 11.5 Å². The molecule has 0 saturated carbocycles. The van der Waals surface area contributed by atoms with Crippen molar-refractivity contribution in [3.8, 4) is 17.2 Å². The van der Waals surface area contributed by atoms with Gasteiger partial charge in [0.2, 0.25) is 0 Å². The van der Waals surface area contributed by atoms with Gasteiger partial charge in [-0.15, -0.1) is 0 Å². The molecule has 0 aliphatic carbocycles. The minimum absolute atomic E-state index is 0.0620. The molecule has 1 spiro atoms. The third-order valence-electron chi connectivity index (χ3n) is 5.95. The molecule has 2 aromatic carbocycles. The number of piperidine rings is 1. The molecule has 3 heterocycles. The first-order valence-electron chi connectivity index (χ1n) is 9.80. The Morgan fingerprint density at radius 1 is 1.07 bits per heavy atom. The van der Waals surface area contributed by atoms with E-state index in [1.807, 2.05) is 35.4 Å². The predicted octanol–water partition coefficient (Wildman–Crippen LogP) is 5.32. The van der Waals surface area contributed by atoms with Crippen LogP contribution in [-0.4, -0.2) is 35.6 Å². The van der Waals surface area contributed by atoms with Crippen molar-refractivity contribution < 1.29 is 14.3 Å². The van der Waals surface area contributed by atoms with Gasteiger partial charge in [0, 0.05) is 48.2 Å². The zero-order valence-corrected chi connectivity index (χ0v) is 17.9. The van der Waals surface area contributed by atoms with Crippen LogP contribution >= 0.6 is 23.2 Å². The summed E-state index contributed by atoms with van der Waals surface area (Å²) in [6.45, 7) is 1.15. The number of carbonyl (C=O) groups excluding carboxylic acids is 1. The summed E-state index contributed by atoms with van der Waals surface area (Å²) in [5.41, 5.74) is 2.12. The summed E-state index contributed by atoms with van der Waals surface area (Å²) in [7, 11) is 1.54. The Kier molecular flexibility index (Phi) is 4.68. The quantitative estimate of drug-likeness (QED) is 0.539. The maximum Gasteiger partial charge on any atom is 0.257 e. The minimum atomic E-state index is -0.484. The molecule has 2 aliphatic rings. The number of benzene rings is 2. The van der Waals surface area contributed by atoms with Crippen molar-refractivity contribution in [3.63, 3.8) is 0 Å². The molecule has 5 rings (SSSR count). The van der Waals surface area contributed by atoms with E-state index < -0.39 is 5.60 Å². The first kappa shape index (κ1) is 19.3. The van der Waals surface area contributed by atoms with Crippen LogP contribution < -0.4 is 9.47 Å². The number of methoxy groups -OCH3 is 1. The standard InChI is InChI=1S/C23H20Cl2N2O3/c1-29-19-13-15(24)4-6-17(19)22(28)26-11-8-23(9-12-26)21-3-2-10-27(21)18-7-5-16(25)14-20(18)30-23/h2-7,10,13-14H,8-9,11-12H2,1H3. The first-order valence-corrected chi connectivity index (χ1v) is 10.6. The van der Waals surface area contributed by atoms with E-state index in [2.05, 4.69) is 10.6 Å². The van der Waals surface area contributed by atoms with E-state index in [0.717, 1.165) is 17.1 Å². The Bertz CT molecular complexity index is 1130. The van der Waals surface area contributed by atoms with E-state index in [4.69, 9.17) is 32.7 Å². The molecule has 0 unspecified atom stereocenters. The monoisotopic (exact) mass is 442 g/mol. The Morgan fingerprint density at radius 3 is 2.57 bits per heavy atom. The van der Waals surface area contributed by atoms with E-state index in [1.54, 1.807) is 25.3 Å². The van der Waals surface area contributed by atoms with Crippen LogP contribution in [0.1, 0.15) is 28.9 Å². The molecule has 0 radical (unpaired) electrons. The topological polar surface area (TPSA) is 43.7 Å². The van der Waals surface area contributed by atoms with Crippen LogP contribution in [0.3, 0.4) is 0 Å². The number of amides is 1. The normalized spacial score (nSPS) is 16.6. The number of halogens is 2. The number of hydrogen-bond acceptors (Lipinski definition) is 3. The summed E-state index contributed by atoms with van der Waals surface area (Å²) >= 11 is 12.3. The maximum atomic E-state index is 13.1. The third kappa shape index (κ3) is 3.04. The highest BCUT2D eigenvalue weighted by Crippen LogP contribution is 2.46. The van der Waals surface area contributed by atoms with Crippen LogP contribution in [0.4, 0.5) is 0 Å². The highest BCUT2D eigenvalue weighted by molar-refractivity contribution is 6.31. The second-order valence-corrected chi connectivity index (χ2v) is 8.48. The fraction of sp³-hybridized carbons (Fsp3) is 0.261. The van der Waals surface area contributed by atoms with Crippen molar-refractivity contribution in [2.75, 3.05) is 20.2 Å². The molecule has 30 heavy (non-hydrogen) atoms. The van der Waals surface area contributed by atoms with E-state index in [0.29, 0.717) is 47.3 Å². The molecule has 1 saturated heterocycles. The predicted molar refractivity (Wildman–Crippen MR) is 116 cm³/mol. The fourth-order valence-corrected chi connectivity index (χ4v) is 4.76. The van der Waals surface area contributed by atoms with Gasteiger partial charge in [0.15, 0.2) is 5.60 Å². The van der Waals surface area contributed by atoms with Gasteiger partial charge < -0.3 is 18.9 Å². The van der Waals surface area contributed by atoms with E-state index >= 15 is 0 Å². The first-order chi connectivity index (χ1) is 14.5. The SMILES string of the molecule is COc1cc(Cl)ccc1C(=O)N1CCC2(CC1)Oc1cc(Cl)ccc1-n1cccc12. The number of nitrogens with zero attached hydrogens (tertiary/aromatic N) is 2. The number of aromatic nitrogens is 1. The van der Waals surface area contributed by atoms with Crippen LogP contribution in [0.25, 0.3) is 5.69 Å². The molecule has 5 nitrogen and oxygen atoms in total. The Balaban J connectivity index is 1.42. The smallest absolute Gasteiger partial charge is 0.257 e. The fourth-order valence-electron chi connectivity index (χ4n) is 4.44. The third-order valence-corrected chi connectivity index (χ3v) is 6.42. The summed E-state index contributed by atoms with van der Waals surface area (Å²) in [6, 6.07) is 14.9. The van der Waals surface area contributed by atoms with Crippen LogP contribution in [0.5, 0.6) is 11.5 Å². The van der Waals surface area contributed by atoms with Crippen molar-refractivity contribution in [2.45, 2.75) is 18.4 Å². The van der Waals surface area contributed by atoms with Crippen molar-refractivity contribution in [1.29, 1.82) is 0 Å². The Morgan fingerprint density at radius 2 is 1.80 bits per heavy atom. The summed E-state index contributed by atoms with van der Waals surface area (Å²) < 4.78 is 14.1. The van der Waals surface area contributed by atoms with Gasteiger partial charge in [-0.2, -0.15) is 0 Å². The van der Waals surface area contributed by atoms with Crippen molar-refractivity contribution in [3.05, 3.63) is 76.0 Å². The lowest BCUT2D eigenvalue weighted by Gasteiger charge is -2.45. The molecule has 0 atom stereocenters. The largest absolute Gasteiger partial charge is 0.496 e. The molecular formula is C23H20Cl2N2O3. The molecule has 1 aromatic heterocycles. The van der Waals surface area contributed by atoms with Crippen molar-refractivity contribution >= 4 is 29.1 Å². The van der Waals surface area contributed by atoms with Crippen LogP contribution in [0.2, 0.25) is 10.0 Å². The summed E-state index contributed by atoms with van der Waals surface area (Å²) in [5, 5.41) is 1.18. The number of carbonyl (C=O) groups is 1. The van der Waals surface area contributed by atoms with E-state index in [-0.39, 0.29) is 5.91 Å². The van der Waals surface area contributed by atoms with E-state index in [9.17, 15) is 4.79 Å². The lowest BCUT2D eigenvalue weighted by Crippen LogP contribution is -2.50. The van der Waals surface area contributed by atoms with Gasteiger partial charge in [-0.1, -0.05) is 23.2 Å². The second kappa shape index (κ2) is 7.25. The lowest BCUT2D eigenvalue weighted by atomic mass is 9.86. The minimum Gasteiger partial charge on any atom is -0.496 e. The van der Waals surface area contributed by atoms with Gasteiger partial charge >= 0.3 is 0 Å². The highest BCUT2D eigenvalue weighted by atomic mass is 35.5. The molecule has 3 aromatic rings. The summed E-state index contributed by atoms with van der Waals surface area (Å²) in [5.74, 6) is 1.19. The lowest BCUT2D eigenvalue weighted by molar-refractivity contribution is -0.00936. The molecule has 2 aliphatic heterocycles. The Hall–Kier alpha value is -2.63. The number of hydrogen-bond donors (Lipinski definition) is 0. The number of fused-ring (bicyclic) bond motifs is 4. The highest BCUT2D eigenvalue weighted by Gasteiger charge is 2.44.